The number of rotatable bonds is 14. The van der Waals surface area contributed by atoms with Gasteiger partial charge in [0.1, 0.15) is 18.5 Å². The van der Waals surface area contributed by atoms with E-state index in [9.17, 15) is 33.5 Å². The molecule has 1 aliphatic heterocycles. The molecule has 13 heteroatoms. The van der Waals surface area contributed by atoms with Crippen LogP contribution < -0.4 is 15.5 Å². The van der Waals surface area contributed by atoms with Crippen LogP contribution in [0.3, 0.4) is 0 Å². The van der Waals surface area contributed by atoms with E-state index in [4.69, 9.17) is 4.74 Å². The summed E-state index contributed by atoms with van der Waals surface area (Å²) in [6, 6.07) is 10.8. The summed E-state index contributed by atoms with van der Waals surface area (Å²) in [5.74, 6) is -3.88. The number of aryl methyl sites for hydroxylation is 1. The smallest absolute Gasteiger partial charge is 0.408 e. The van der Waals surface area contributed by atoms with Crippen LogP contribution in [-0.2, 0) is 25.7 Å². The lowest BCUT2D eigenvalue weighted by molar-refractivity contribution is -0.137. The number of likely N-dealkylation sites (N-methyl/N-ethyl adjacent to an activating group) is 1. The number of carboxylic acids is 1. The molecule has 4 rings (SSSR count). The Bertz CT molecular complexity index is 1720. The molecule has 0 bridgehead atoms. The largest absolute Gasteiger partial charge is 0.481 e. The Kier molecular flexibility index (Phi) is 11.9. The predicted octanol–water partition coefficient (Wildman–Crippen LogP) is 4.42. The van der Waals surface area contributed by atoms with Gasteiger partial charge >= 0.3 is 12.1 Å². The van der Waals surface area contributed by atoms with E-state index < -0.39 is 42.2 Å². The molecule has 0 fully saturated rings. The third-order valence-corrected chi connectivity index (χ3v) is 8.19. The second kappa shape index (κ2) is 16.0. The molecule has 12 nitrogen and oxygen atoms in total. The molecule has 2 heterocycles. The van der Waals surface area contributed by atoms with Gasteiger partial charge in [-0.1, -0.05) is 44.2 Å². The first-order chi connectivity index (χ1) is 22.9. The van der Waals surface area contributed by atoms with Gasteiger partial charge in [-0.15, -0.1) is 0 Å². The van der Waals surface area contributed by atoms with Gasteiger partial charge in [-0.25, -0.2) is 14.1 Å². The second-order valence-corrected chi connectivity index (χ2v) is 11.3. The van der Waals surface area contributed by atoms with Gasteiger partial charge in [0.25, 0.3) is 17.7 Å². The van der Waals surface area contributed by atoms with Crippen LogP contribution in [0.1, 0.15) is 65.1 Å². The van der Waals surface area contributed by atoms with Crippen LogP contribution in [0.2, 0.25) is 0 Å². The molecule has 0 saturated heterocycles. The SMILES string of the molecule is CCN(CC)CCNC(=O)c1c(C)[nH]c(/C=C2\C(=O)N(C(=O)[C@H](CCC(=O)O)NC(=O)OCc3ccccc3)c3ccc(F)cc32)c1C. The number of H-pyrrole nitrogens is 1. The topological polar surface area (TPSA) is 161 Å². The molecule has 254 valence electrons. The number of fused-ring (bicyclic) bond motifs is 1. The van der Waals surface area contributed by atoms with Crippen LogP contribution in [0.25, 0.3) is 11.6 Å². The van der Waals surface area contributed by atoms with Gasteiger partial charge in [0, 0.05) is 36.5 Å². The van der Waals surface area contributed by atoms with Gasteiger partial charge in [-0.2, -0.15) is 0 Å². The Morgan fingerprint density at radius 3 is 2.46 bits per heavy atom. The highest BCUT2D eigenvalue weighted by Crippen LogP contribution is 2.39. The average molecular weight is 662 g/mol. The van der Waals surface area contributed by atoms with E-state index in [0.717, 1.165) is 30.1 Å². The Labute approximate surface area is 277 Å². The molecule has 1 aromatic heterocycles. The van der Waals surface area contributed by atoms with Crippen molar-refractivity contribution in [2.75, 3.05) is 31.1 Å². The van der Waals surface area contributed by atoms with E-state index >= 15 is 0 Å². The van der Waals surface area contributed by atoms with Gasteiger partial charge in [0.05, 0.1) is 16.8 Å². The van der Waals surface area contributed by atoms with Gasteiger partial charge in [0.2, 0.25) is 0 Å². The minimum Gasteiger partial charge on any atom is -0.481 e. The number of carbonyl (C=O) groups excluding carboxylic acids is 4. The van der Waals surface area contributed by atoms with Crippen molar-refractivity contribution in [1.29, 1.82) is 0 Å². The van der Waals surface area contributed by atoms with Gasteiger partial charge in [-0.3, -0.25) is 19.2 Å². The van der Waals surface area contributed by atoms with Crippen molar-refractivity contribution in [3.05, 3.63) is 88.0 Å². The van der Waals surface area contributed by atoms with Gasteiger partial charge in [0.15, 0.2) is 0 Å². The molecule has 3 aromatic rings. The Hall–Kier alpha value is -5.30. The molecule has 4 amide bonds. The second-order valence-electron chi connectivity index (χ2n) is 11.3. The zero-order valence-corrected chi connectivity index (χ0v) is 27.4. The zero-order chi connectivity index (χ0) is 35.0. The standard InChI is InChI=1S/C35H40FN5O7/c1-5-40(6-2)17-16-37-32(44)31-21(3)28(38-22(31)4)19-26-25-18-24(36)12-14-29(25)41(33(26)45)34(46)27(13-15-30(42)43)39-35(47)48-20-23-10-8-7-9-11-23/h7-12,14,18-19,27,38H,5-6,13,15-17,20H2,1-4H3,(H,37,44)(H,39,47)(H,42,43)/b26-19-/t27-/m0/s1. The van der Waals surface area contributed by atoms with Crippen molar-refractivity contribution in [2.45, 2.75) is 53.2 Å². The number of carboxylic acid groups (broad SMARTS) is 1. The first-order valence-corrected chi connectivity index (χ1v) is 15.7. The molecule has 0 aliphatic carbocycles. The number of anilines is 1. The number of benzene rings is 2. The van der Waals surface area contributed by atoms with Crippen molar-refractivity contribution in [3.63, 3.8) is 0 Å². The molecule has 4 N–H and O–H groups in total. The molecule has 2 aromatic carbocycles. The molecular weight excluding hydrogens is 621 g/mol. The van der Waals surface area contributed by atoms with Crippen molar-refractivity contribution in [2.24, 2.45) is 0 Å². The minimum absolute atomic E-state index is 0.0284. The Morgan fingerprint density at radius 2 is 1.79 bits per heavy atom. The third kappa shape index (κ3) is 8.34. The van der Waals surface area contributed by atoms with Crippen LogP contribution >= 0.6 is 0 Å². The number of ether oxygens (including phenoxy) is 1. The fourth-order valence-electron chi connectivity index (χ4n) is 5.57. The number of alkyl carbamates (subject to hydrolysis) is 1. The van der Waals surface area contributed by atoms with Crippen LogP contribution in [0, 0.1) is 19.7 Å². The molecular formula is C35H40FN5O7. The number of nitrogens with one attached hydrogen (secondary N) is 3. The van der Waals surface area contributed by atoms with E-state index in [1.807, 2.05) is 13.8 Å². The number of halogens is 1. The maximum absolute atomic E-state index is 14.5. The number of nitrogens with zero attached hydrogens (tertiary/aromatic N) is 2. The molecule has 0 saturated carbocycles. The number of amides is 4. The van der Waals surface area contributed by atoms with E-state index in [-0.39, 0.29) is 35.8 Å². The maximum Gasteiger partial charge on any atom is 0.408 e. The summed E-state index contributed by atoms with van der Waals surface area (Å²) in [5, 5.41) is 14.6. The molecule has 0 spiro atoms. The highest BCUT2D eigenvalue weighted by atomic mass is 19.1. The molecule has 1 atom stereocenters. The monoisotopic (exact) mass is 661 g/mol. The normalized spacial score (nSPS) is 13.8. The average Bonchev–Trinajstić information content (AvgIpc) is 3.50. The van der Waals surface area contributed by atoms with Crippen molar-refractivity contribution in [3.8, 4) is 0 Å². The number of aromatic amines is 1. The van der Waals surface area contributed by atoms with Crippen molar-refractivity contribution in [1.82, 2.24) is 20.5 Å². The number of hydrogen-bond donors (Lipinski definition) is 4. The van der Waals surface area contributed by atoms with Crippen molar-refractivity contribution < 1.29 is 38.2 Å². The summed E-state index contributed by atoms with van der Waals surface area (Å²) < 4.78 is 19.8. The summed E-state index contributed by atoms with van der Waals surface area (Å²) in [7, 11) is 0. The summed E-state index contributed by atoms with van der Waals surface area (Å²) in [5.41, 5.74) is 2.78. The van der Waals surface area contributed by atoms with Crippen LogP contribution in [-0.4, -0.2) is 77.0 Å². The number of hydrogen-bond acceptors (Lipinski definition) is 7. The van der Waals surface area contributed by atoms with Crippen LogP contribution in [0.15, 0.2) is 48.5 Å². The first kappa shape index (κ1) is 35.6. The number of aromatic nitrogens is 1. The third-order valence-electron chi connectivity index (χ3n) is 8.19. The van der Waals surface area contributed by atoms with E-state index in [0.29, 0.717) is 41.2 Å². The lowest BCUT2D eigenvalue weighted by Crippen LogP contribution is -2.50. The number of imide groups is 1. The fourth-order valence-corrected chi connectivity index (χ4v) is 5.57. The molecule has 0 radical (unpaired) electrons. The van der Waals surface area contributed by atoms with E-state index in [1.54, 1.807) is 44.2 Å². The molecule has 1 aliphatic rings. The quantitative estimate of drug-likeness (QED) is 0.185. The van der Waals surface area contributed by atoms with Crippen molar-refractivity contribution >= 4 is 47.1 Å². The lowest BCUT2D eigenvalue weighted by Gasteiger charge is -2.23. The predicted molar refractivity (Wildman–Crippen MR) is 178 cm³/mol. The molecule has 48 heavy (non-hydrogen) atoms. The zero-order valence-electron chi connectivity index (χ0n) is 27.4. The molecule has 0 unspecified atom stereocenters. The van der Waals surface area contributed by atoms with Crippen LogP contribution in [0.4, 0.5) is 14.9 Å². The lowest BCUT2D eigenvalue weighted by atomic mass is 10.0. The highest BCUT2D eigenvalue weighted by molar-refractivity contribution is 6.42. The van der Waals surface area contributed by atoms with Gasteiger partial charge in [-0.05, 0) is 68.8 Å². The van der Waals surface area contributed by atoms with Gasteiger partial charge < -0.3 is 30.4 Å². The van der Waals surface area contributed by atoms with E-state index in [1.165, 1.54) is 12.1 Å². The summed E-state index contributed by atoms with van der Waals surface area (Å²) in [6.07, 6.45) is -0.353. The summed E-state index contributed by atoms with van der Waals surface area (Å²) in [4.78, 5) is 71.1. The maximum atomic E-state index is 14.5. The Morgan fingerprint density at radius 1 is 1.08 bits per heavy atom. The Balaban J connectivity index is 1.61. The highest BCUT2D eigenvalue weighted by Gasteiger charge is 2.40. The summed E-state index contributed by atoms with van der Waals surface area (Å²) >= 11 is 0. The number of aliphatic carboxylic acids is 1. The minimum atomic E-state index is -1.45. The number of carbonyl (C=O) groups is 5. The summed E-state index contributed by atoms with van der Waals surface area (Å²) in [6.45, 7) is 10.3. The van der Waals surface area contributed by atoms with Crippen LogP contribution in [0.5, 0.6) is 0 Å². The fraction of sp³-hybridized carbons (Fsp3) is 0.343. The first-order valence-electron chi connectivity index (χ1n) is 15.7. The van der Waals surface area contributed by atoms with E-state index in [2.05, 4.69) is 20.5 Å².